The number of nitrogens with one attached hydrogen (secondary N) is 1. The molecule has 18 heavy (non-hydrogen) atoms. The SMILES string of the molecule is CNC(=O)CCOc1cc(F)ccc1C(C)=NO. The molecule has 0 saturated carbocycles. The molecule has 1 amide bonds. The summed E-state index contributed by atoms with van der Waals surface area (Å²) in [4.78, 5) is 11.0. The maximum atomic E-state index is 13.1. The molecule has 0 aliphatic rings. The number of halogens is 1. The second kappa shape index (κ2) is 6.58. The smallest absolute Gasteiger partial charge is 0.223 e. The zero-order valence-electron chi connectivity index (χ0n) is 10.2. The summed E-state index contributed by atoms with van der Waals surface area (Å²) in [6, 6.07) is 3.89. The maximum absolute atomic E-state index is 13.1. The quantitative estimate of drug-likeness (QED) is 0.475. The number of hydrogen-bond acceptors (Lipinski definition) is 4. The van der Waals surface area contributed by atoms with E-state index in [4.69, 9.17) is 9.94 Å². The molecule has 1 aromatic carbocycles. The van der Waals surface area contributed by atoms with Crippen LogP contribution in [0.25, 0.3) is 0 Å². The van der Waals surface area contributed by atoms with E-state index < -0.39 is 5.82 Å². The Morgan fingerprint density at radius 3 is 2.89 bits per heavy atom. The molecule has 0 heterocycles. The van der Waals surface area contributed by atoms with Gasteiger partial charge in [-0.05, 0) is 19.1 Å². The minimum absolute atomic E-state index is 0.120. The zero-order chi connectivity index (χ0) is 13.5. The second-order valence-electron chi connectivity index (χ2n) is 3.60. The number of carbonyl (C=O) groups excluding carboxylic acids is 1. The van der Waals surface area contributed by atoms with Crippen LogP contribution in [0.1, 0.15) is 18.9 Å². The van der Waals surface area contributed by atoms with Crippen LogP contribution >= 0.6 is 0 Å². The van der Waals surface area contributed by atoms with Gasteiger partial charge in [0.25, 0.3) is 0 Å². The molecule has 0 fully saturated rings. The predicted molar refractivity (Wildman–Crippen MR) is 64.6 cm³/mol. The Balaban J connectivity index is 2.80. The Hall–Kier alpha value is -2.11. The van der Waals surface area contributed by atoms with Crippen molar-refractivity contribution in [2.75, 3.05) is 13.7 Å². The van der Waals surface area contributed by atoms with Gasteiger partial charge >= 0.3 is 0 Å². The average Bonchev–Trinajstić information content (AvgIpc) is 2.37. The van der Waals surface area contributed by atoms with E-state index in [1.54, 1.807) is 6.92 Å². The van der Waals surface area contributed by atoms with Crippen LogP contribution in [0.2, 0.25) is 0 Å². The van der Waals surface area contributed by atoms with Crippen molar-refractivity contribution in [3.05, 3.63) is 29.6 Å². The Bertz CT molecular complexity index is 461. The zero-order valence-corrected chi connectivity index (χ0v) is 10.2. The molecule has 0 aliphatic heterocycles. The lowest BCUT2D eigenvalue weighted by atomic mass is 10.1. The van der Waals surface area contributed by atoms with Crippen molar-refractivity contribution in [2.24, 2.45) is 5.16 Å². The van der Waals surface area contributed by atoms with Crippen molar-refractivity contribution >= 4 is 11.6 Å². The van der Waals surface area contributed by atoms with Crippen LogP contribution in [0.4, 0.5) is 4.39 Å². The molecule has 2 N–H and O–H groups in total. The van der Waals surface area contributed by atoms with E-state index in [9.17, 15) is 9.18 Å². The molecule has 5 nitrogen and oxygen atoms in total. The van der Waals surface area contributed by atoms with Gasteiger partial charge in [-0.3, -0.25) is 4.79 Å². The van der Waals surface area contributed by atoms with Gasteiger partial charge in [-0.2, -0.15) is 0 Å². The summed E-state index contributed by atoms with van der Waals surface area (Å²) >= 11 is 0. The molecule has 0 radical (unpaired) electrons. The largest absolute Gasteiger partial charge is 0.492 e. The van der Waals surface area contributed by atoms with Crippen LogP contribution in [0.5, 0.6) is 5.75 Å². The molecule has 0 saturated heterocycles. The molecule has 0 aliphatic carbocycles. The van der Waals surface area contributed by atoms with Gasteiger partial charge in [0.15, 0.2) is 0 Å². The summed E-state index contributed by atoms with van der Waals surface area (Å²) in [5.74, 6) is -0.380. The Labute approximate surface area is 104 Å². The van der Waals surface area contributed by atoms with Gasteiger partial charge in [0.05, 0.1) is 18.7 Å². The van der Waals surface area contributed by atoms with Crippen LogP contribution in [0, 0.1) is 5.82 Å². The fourth-order valence-electron chi connectivity index (χ4n) is 1.35. The lowest BCUT2D eigenvalue weighted by Gasteiger charge is -2.10. The molecule has 0 spiro atoms. The van der Waals surface area contributed by atoms with Crippen LogP contribution in [0.3, 0.4) is 0 Å². The van der Waals surface area contributed by atoms with Gasteiger partial charge < -0.3 is 15.3 Å². The first-order valence-electron chi connectivity index (χ1n) is 5.40. The van der Waals surface area contributed by atoms with Crippen LogP contribution in [-0.2, 0) is 4.79 Å². The van der Waals surface area contributed by atoms with E-state index >= 15 is 0 Å². The van der Waals surface area contributed by atoms with Gasteiger partial charge in [-0.15, -0.1) is 0 Å². The van der Waals surface area contributed by atoms with Crippen molar-refractivity contribution in [1.29, 1.82) is 0 Å². The van der Waals surface area contributed by atoms with Crippen LogP contribution < -0.4 is 10.1 Å². The Morgan fingerprint density at radius 2 is 2.28 bits per heavy atom. The van der Waals surface area contributed by atoms with E-state index in [0.29, 0.717) is 11.3 Å². The maximum Gasteiger partial charge on any atom is 0.223 e. The molecule has 6 heteroatoms. The van der Waals surface area contributed by atoms with E-state index in [1.807, 2.05) is 0 Å². The lowest BCUT2D eigenvalue weighted by Crippen LogP contribution is -2.20. The van der Waals surface area contributed by atoms with E-state index in [1.165, 1.54) is 25.2 Å². The van der Waals surface area contributed by atoms with Crippen molar-refractivity contribution in [2.45, 2.75) is 13.3 Å². The third-order valence-electron chi connectivity index (χ3n) is 2.35. The molecule has 98 valence electrons. The molecule has 0 atom stereocenters. The number of nitrogens with zero attached hydrogens (tertiary/aromatic N) is 1. The fraction of sp³-hybridized carbons (Fsp3) is 0.333. The first kappa shape index (κ1) is 14.0. The van der Waals surface area contributed by atoms with Gasteiger partial charge in [0.1, 0.15) is 11.6 Å². The van der Waals surface area contributed by atoms with E-state index in [2.05, 4.69) is 10.5 Å². The molecular formula is C12H15FN2O3. The number of rotatable bonds is 5. The number of ether oxygens (including phenoxy) is 1. The van der Waals surface area contributed by atoms with Crippen molar-refractivity contribution in [1.82, 2.24) is 5.32 Å². The number of amides is 1. The van der Waals surface area contributed by atoms with Crippen molar-refractivity contribution < 1.29 is 19.1 Å². The number of hydrogen-bond donors (Lipinski definition) is 2. The highest BCUT2D eigenvalue weighted by molar-refractivity contribution is 6.00. The summed E-state index contributed by atoms with van der Waals surface area (Å²) in [6.45, 7) is 1.69. The van der Waals surface area contributed by atoms with Gasteiger partial charge in [0.2, 0.25) is 5.91 Å². The third-order valence-corrected chi connectivity index (χ3v) is 2.35. The van der Waals surface area contributed by atoms with E-state index in [-0.39, 0.29) is 24.7 Å². The minimum atomic E-state index is -0.459. The summed E-state index contributed by atoms with van der Waals surface area (Å²) in [5.41, 5.74) is 0.792. The topological polar surface area (TPSA) is 70.9 Å². The number of benzene rings is 1. The molecule has 1 aromatic rings. The molecular weight excluding hydrogens is 239 g/mol. The normalized spacial score (nSPS) is 11.2. The molecule has 0 unspecified atom stereocenters. The highest BCUT2D eigenvalue weighted by Gasteiger charge is 2.09. The van der Waals surface area contributed by atoms with Gasteiger partial charge in [-0.25, -0.2) is 4.39 Å². The van der Waals surface area contributed by atoms with Crippen LogP contribution in [0.15, 0.2) is 23.4 Å². The highest BCUT2D eigenvalue weighted by Crippen LogP contribution is 2.21. The summed E-state index contributed by atoms with van der Waals surface area (Å²) < 4.78 is 18.4. The lowest BCUT2D eigenvalue weighted by molar-refractivity contribution is -0.121. The summed E-state index contributed by atoms with van der Waals surface area (Å²) in [5, 5.41) is 14.2. The summed E-state index contributed by atoms with van der Waals surface area (Å²) in [6.07, 6.45) is 0.168. The Kier molecular flexibility index (Phi) is 5.10. The first-order chi connectivity index (χ1) is 8.58. The third kappa shape index (κ3) is 3.73. The molecule has 0 bridgehead atoms. The summed E-state index contributed by atoms with van der Waals surface area (Å²) in [7, 11) is 1.53. The predicted octanol–water partition coefficient (Wildman–Crippen LogP) is 1.54. The Morgan fingerprint density at radius 1 is 1.56 bits per heavy atom. The monoisotopic (exact) mass is 254 g/mol. The number of carbonyl (C=O) groups is 1. The average molecular weight is 254 g/mol. The standard InChI is InChI=1S/C12H15FN2O3/c1-8(15-17)10-4-3-9(13)7-11(10)18-6-5-12(16)14-2/h3-4,7,17H,5-6H2,1-2H3,(H,14,16). The van der Waals surface area contributed by atoms with Crippen molar-refractivity contribution in [3.63, 3.8) is 0 Å². The fourth-order valence-corrected chi connectivity index (χ4v) is 1.35. The highest BCUT2D eigenvalue weighted by atomic mass is 19.1. The van der Waals surface area contributed by atoms with Gasteiger partial charge in [0, 0.05) is 18.7 Å². The second-order valence-corrected chi connectivity index (χ2v) is 3.60. The van der Waals surface area contributed by atoms with E-state index in [0.717, 1.165) is 0 Å². The molecule has 1 rings (SSSR count). The first-order valence-corrected chi connectivity index (χ1v) is 5.40. The minimum Gasteiger partial charge on any atom is -0.492 e. The van der Waals surface area contributed by atoms with Crippen molar-refractivity contribution in [3.8, 4) is 5.75 Å². The van der Waals surface area contributed by atoms with Crippen LogP contribution in [-0.4, -0.2) is 30.5 Å². The van der Waals surface area contributed by atoms with Gasteiger partial charge in [-0.1, -0.05) is 5.16 Å². The number of oxime groups is 1. The molecule has 0 aromatic heterocycles.